The highest BCUT2D eigenvalue weighted by molar-refractivity contribution is 6.00. The van der Waals surface area contributed by atoms with Crippen LogP contribution in [-0.2, 0) is 4.79 Å². The molecule has 0 aromatic heterocycles. The second kappa shape index (κ2) is 5.51. The molecule has 4 nitrogen and oxygen atoms in total. The summed E-state index contributed by atoms with van der Waals surface area (Å²) in [7, 11) is 1.54. The lowest BCUT2D eigenvalue weighted by atomic mass is 9.88. The largest absolute Gasteiger partial charge is 0.480 e. The molecule has 0 fully saturated rings. The number of carboxylic acids is 1. The molecule has 0 saturated heterocycles. The van der Waals surface area contributed by atoms with Crippen molar-refractivity contribution in [2.75, 3.05) is 7.05 Å². The van der Waals surface area contributed by atoms with Crippen molar-refractivity contribution < 1.29 is 14.7 Å². The van der Waals surface area contributed by atoms with Gasteiger partial charge in [0.15, 0.2) is 0 Å². The van der Waals surface area contributed by atoms with Crippen molar-refractivity contribution in [3.63, 3.8) is 0 Å². The molecule has 1 aromatic carbocycles. The number of aliphatic carboxylic acids is 1. The van der Waals surface area contributed by atoms with Gasteiger partial charge in [-0.25, -0.2) is 4.79 Å². The summed E-state index contributed by atoms with van der Waals surface area (Å²) in [6.45, 7) is 12.9. The lowest BCUT2D eigenvalue weighted by molar-refractivity contribution is -0.147. The first-order valence-electron chi connectivity index (χ1n) is 7.03. The Morgan fingerprint density at radius 1 is 0.857 bits per heavy atom. The van der Waals surface area contributed by atoms with E-state index in [1.54, 1.807) is 7.05 Å². The number of benzene rings is 1. The maximum Gasteiger partial charge on any atom is 0.329 e. The van der Waals surface area contributed by atoms with E-state index in [9.17, 15) is 14.7 Å². The average molecular weight is 291 g/mol. The number of nitrogens with zero attached hydrogens (tertiary/aromatic N) is 1. The minimum atomic E-state index is -1.25. The molecule has 116 valence electrons. The Morgan fingerprint density at radius 3 is 1.52 bits per heavy atom. The molecule has 0 spiro atoms. The van der Waals surface area contributed by atoms with E-state index in [0.29, 0.717) is 5.56 Å². The molecule has 21 heavy (non-hydrogen) atoms. The molecule has 0 aliphatic rings. The molecular formula is C17H25NO3. The van der Waals surface area contributed by atoms with Crippen LogP contribution in [0.5, 0.6) is 0 Å². The minimum Gasteiger partial charge on any atom is -0.480 e. The highest BCUT2D eigenvalue weighted by atomic mass is 16.4. The molecular weight excluding hydrogens is 266 g/mol. The zero-order chi connectivity index (χ0) is 16.7. The maximum absolute atomic E-state index is 12.8. The Morgan fingerprint density at radius 2 is 1.19 bits per heavy atom. The van der Waals surface area contributed by atoms with Crippen molar-refractivity contribution in [2.45, 2.75) is 54.0 Å². The van der Waals surface area contributed by atoms with E-state index in [2.05, 4.69) is 0 Å². The highest BCUT2D eigenvalue weighted by Gasteiger charge is 2.36. The Balaban J connectivity index is 3.49. The fraction of sp³-hybridized carbons (Fsp3) is 0.529. The second-order valence-corrected chi connectivity index (χ2v) is 6.23. The molecule has 1 aromatic rings. The number of amides is 1. The molecule has 1 rings (SSSR count). The summed E-state index contributed by atoms with van der Waals surface area (Å²) in [5.74, 6) is -1.27. The standard InChI is InChI=1S/C17H25NO3/c1-9-10(2)12(4)14(13(5)11(9)3)15(19)18(8)17(6,7)16(20)21/h1-8H3,(H,20,21). The molecule has 0 heterocycles. The number of hydrogen-bond acceptors (Lipinski definition) is 2. The SMILES string of the molecule is Cc1c(C)c(C)c(C(=O)N(C)C(C)(C)C(=O)O)c(C)c1C. The van der Waals surface area contributed by atoms with Gasteiger partial charge in [-0.1, -0.05) is 0 Å². The van der Waals surface area contributed by atoms with E-state index < -0.39 is 11.5 Å². The number of likely N-dealkylation sites (N-methyl/N-ethyl adjacent to an activating group) is 1. The molecule has 0 atom stereocenters. The third-order valence-electron chi connectivity index (χ3n) is 4.88. The third-order valence-corrected chi connectivity index (χ3v) is 4.88. The summed E-state index contributed by atoms with van der Waals surface area (Å²) in [4.78, 5) is 25.5. The Labute approximate surface area is 126 Å². The molecule has 1 amide bonds. The van der Waals surface area contributed by atoms with Crippen LogP contribution < -0.4 is 0 Å². The number of carboxylic acid groups (broad SMARTS) is 1. The van der Waals surface area contributed by atoms with E-state index in [1.807, 2.05) is 34.6 Å². The van der Waals surface area contributed by atoms with Gasteiger partial charge in [0.25, 0.3) is 5.91 Å². The second-order valence-electron chi connectivity index (χ2n) is 6.23. The summed E-state index contributed by atoms with van der Waals surface area (Å²) in [6.07, 6.45) is 0. The fourth-order valence-electron chi connectivity index (χ4n) is 2.39. The van der Waals surface area contributed by atoms with Crippen molar-refractivity contribution in [1.29, 1.82) is 0 Å². The molecule has 0 radical (unpaired) electrons. The van der Waals surface area contributed by atoms with E-state index in [-0.39, 0.29) is 5.91 Å². The zero-order valence-corrected chi connectivity index (χ0v) is 14.2. The van der Waals surface area contributed by atoms with Gasteiger partial charge in [0, 0.05) is 12.6 Å². The van der Waals surface area contributed by atoms with Crippen LogP contribution >= 0.6 is 0 Å². The predicted molar refractivity (Wildman–Crippen MR) is 83.9 cm³/mol. The Kier molecular flexibility index (Phi) is 4.51. The van der Waals surface area contributed by atoms with Gasteiger partial charge in [0.05, 0.1) is 0 Å². The summed E-state index contributed by atoms with van der Waals surface area (Å²) < 4.78 is 0. The first kappa shape index (κ1) is 17.2. The van der Waals surface area contributed by atoms with Crippen LogP contribution in [-0.4, -0.2) is 34.5 Å². The first-order valence-corrected chi connectivity index (χ1v) is 7.03. The van der Waals surface area contributed by atoms with Crippen LogP contribution in [0.4, 0.5) is 0 Å². The summed E-state index contributed by atoms with van der Waals surface area (Å²) in [5.41, 5.74) is 4.57. The minimum absolute atomic E-state index is 0.247. The zero-order valence-electron chi connectivity index (χ0n) is 14.2. The van der Waals surface area contributed by atoms with Gasteiger partial charge in [-0.15, -0.1) is 0 Å². The monoisotopic (exact) mass is 291 g/mol. The fourth-order valence-corrected chi connectivity index (χ4v) is 2.39. The summed E-state index contributed by atoms with van der Waals surface area (Å²) in [6, 6.07) is 0. The van der Waals surface area contributed by atoms with Gasteiger partial charge in [-0.3, -0.25) is 4.79 Å². The van der Waals surface area contributed by atoms with Gasteiger partial charge in [0.2, 0.25) is 0 Å². The first-order chi connectivity index (χ1) is 9.44. The van der Waals surface area contributed by atoms with Crippen molar-refractivity contribution in [2.24, 2.45) is 0 Å². The smallest absolute Gasteiger partial charge is 0.329 e. The van der Waals surface area contributed by atoms with Crippen LogP contribution in [0.25, 0.3) is 0 Å². The van der Waals surface area contributed by atoms with Gasteiger partial charge in [0.1, 0.15) is 5.54 Å². The quantitative estimate of drug-likeness (QED) is 0.930. The van der Waals surface area contributed by atoms with Gasteiger partial charge in [-0.2, -0.15) is 0 Å². The van der Waals surface area contributed by atoms with Crippen molar-refractivity contribution in [1.82, 2.24) is 4.90 Å². The van der Waals surface area contributed by atoms with Crippen molar-refractivity contribution in [3.8, 4) is 0 Å². The van der Waals surface area contributed by atoms with E-state index in [4.69, 9.17) is 0 Å². The summed E-state index contributed by atoms with van der Waals surface area (Å²) >= 11 is 0. The Hall–Kier alpha value is -1.84. The van der Waals surface area contributed by atoms with Crippen LogP contribution in [0.3, 0.4) is 0 Å². The van der Waals surface area contributed by atoms with Crippen LogP contribution in [0, 0.1) is 34.6 Å². The lowest BCUT2D eigenvalue weighted by Crippen LogP contribution is -2.51. The van der Waals surface area contributed by atoms with E-state index in [1.165, 1.54) is 24.3 Å². The molecule has 0 unspecified atom stereocenters. The topological polar surface area (TPSA) is 57.6 Å². The predicted octanol–water partition coefficient (Wildman–Crippen LogP) is 3.16. The normalized spacial score (nSPS) is 11.4. The lowest BCUT2D eigenvalue weighted by Gasteiger charge is -2.33. The van der Waals surface area contributed by atoms with Gasteiger partial charge in [-0.05, 0) is 76.3 Å². The van der Waals surface area contributed by atoms with Crippen LogP contribution in [0.15, 0.2) is 0 Å². The van der Waals surface area contributed by atoms with Crippen molar-refractivity contribution in [3.05, 3.63) is 33.4 Å². The van der Waals surface area contributed by atoms with Gasteiger partial charge >= 0.3 is 5.97 Å². The molecule has 4 heteroatoms. The number of hydrogen-bond donors (Lipinski definition) is 1. The van der Waals surface area contributed by atoms with Crippen molar-refractivity contribution >= 4 is 11.9 Å². The van der Waals surface area contributed by atoms with Crippen LogP contribution in [0.1, 0.15) is 52.0 Å². The number of rotatable bonds is 3. The molecule has 0 aliphatic heterocycles. The highest BCUT2D eigenvalue weighted by Crippen LogP contribution is 2.28. The number of carbonyl (C=O) groups excluding carboxylic acids is 1. The van der Waals surface area contributed by atoms with Crippen LogP contribution in [0.2, 0.25) is 0 Å². The molecule has 1 N–H and O–H groups in total. The Bertz CT molecular complexity index is 586. The molecule has 0 aliphatic carbocycles. The average Bonchev–Trinajstić information content (AvgIpc) is 2.41. The maximum atomic E-state index is 12.8. The van der Waals surface area contributed by atoms with E-state index in [0.717, 1.165) is 22.3 Å². The third kappa shape index (κ3) is 2.67. The summed E-state index contributed by atoms with van der Waals surface area (Å²) in [5, 5.41) is 9.31. The molecule has 0 bridgehead atoms. The number of carbonyl (C=O) groups is 2. The van der Waals surface area contributed by atoms with Gasteiger partial charge < -0.3 is 10.0 Å². The van der Waals surface area contributed by atoms with E-state index >= 15 is 0 Å². The molecule has 0 saturated carbocycles.